The van der Waals surface area contributed by atoms with Crippen LogP contribution in [0.25, 0.3) is 17.2 Å². The zero-order valence-corrected chi connectivity index (χ0v) is 15.8. The lowest BCUT2D eigenvalue weighted by molar-refractivity contribution is 0.305. The Labute approximate surface area is 160 Å². The van der Waals surface area contributed by atoms with Crippen LogP contribution in [0.5, 0.6) is 0 Å². The zero-order chi connectivity index (χ0) is 18.8. The summed E-state index contributed by atoms with van der Waals surface area (Å²) in [6.07, 6.45) is 10.5. The molecule has 1 aromatic carbocycles. The van der Waals surface area contributed by atoms with Crippen LogP contribution in [0.2, 0.25) is 0 Å². The quantitative estimate of drug-likeness (QED) is 0.715. The van der Waals surface area contributed by atoms with Gasteiger partial charge in [-0.3, -0.25) is 9.98 Å². The van der Waals surface area contributed by atoms with Crippen molar-refractivity contribution < 1.29 is 0 Å². The molecule has 4 rings (SSSR count). The molecular weight excluding hydrogens is 330 g/mol. The zero-order valence-electron chi connectivity index (χ0n) is 15.8. The van der Waals surface area contributed by atoms with E-state index in [0.29, 0.717) is 23.3 Å². The largest absolute Gasteiger partial charge is 0.265 e. The maximum atomic E-state index is 9.29. The van der Waals surface area contributed by atoms with E-state index in [1.54, 1.807) is 0 Å². The van der Waals surface area contributed by atoms with Crippen molar-refractivity contribution in [1.82, 2.24) is 4.98 Å². The fraction of sp³-hybridized carbons (Fsp3) is 0.292. The van der Waals surface area contributed by atoms with Gasteiger partial charge >= 0.3 is 0 Å². The van der Waals surface area contributed by atoms with Crippen molar-refractivity contribution in [3.8, 4) is 17.2 Å². The first-order valence-electron chi connectivity index (χ1n) is 9.55. The molecule has 27 heavy (non-hydrogen) atoms. The normalized spacial score (nSPS) is 24.3. The monoisotopic (exact) mass is 353 g/mol. The molecule has 3 nitrogen and oxygen atoms in total. The Kier molecular flexibility index (Phi) is 4.73. The van der Waals surface area contributed by atoms with Gasteiger partial charge in [0.05, 0.1) is 17.3 Å². The van der Waals surface area contributed by atoms with E-state index >= 15 is 0 Å². The first kappa shape index (κ1) is 17.4. The Bertz CT molecular complexity index is 973. The molecule has 0 radical (unpaired) electrons. The summed E-state index contributed by atoms with van der Waals surface area (Å²) in [6, 6.07) is 13.9. The van der Waals surface area contributed by atoms with Crippen molar-refractivity contribution in [3.63, 3.8) is 0 Å². The van der Waals surface area contributed by atoms with E-state index in [4.69, 9.17) is 0 Å². The summed E-state index contributed by atoms with van der Waals surface area (Å²) in [4.78, 5) is 9.26. The molecule has 2 aromatic rings. The van der Waals surface area contributed by atoms with E-state index in [1.165, 1.54) is 17.7 Å². The van der Waals surface area contributed by atoms with Crippen LogP contribution in [0.4, 0.5) is 0 Å². The van der Waals surface area contributed by atoms with Crippen molar-refractivity contribution in [3.05, 3.63) is 71.2 Å². The molecule has 2 aliphatic rings. The second-order valence-electron chi connectivity index (χ2n) is 7.56. The van der Waals surface area contributed by atoms with Crippen LogP contribution >= 0.6 is 0 Å². The van der Waals surface area contributed by atoms with Gasteiger partial charge in [0.1, 0.15) is 0 Å². The lowest BCUT2D eigenvalue weighted by atomic mass is 9.73. The molecule has 0 saturated carbocycles. The fourth-order valence-electron chi connectivity index (χ4n) is 4.10. The smallest absolute Gasteiger partial charge is 0.0998 e. The van der Waals surface area contributed by atoms with E-state index in [1.807, 2.05) is 42.6 Å². The summed E-state index contributed by atoms with van der Waals surface area (Å²) >= 11 is 0. The molecule has 3 atom stereocenters. The van der Waals surface area contributed by atoms with Crippen molar-refractivity contribution in [2.45, 2.75) is 26.7 Å². The van der Waals surface area contributed by atoms with Gasteiger partial charge in [0.2, 0.25) is 0 Å². The van der Waals surface area contributed by atoms with E-state index in [0.717, 1.165) is 23.2 Å². The Morgan fingerprint density at radius 3 is 2.78 bits per heavy atom. The maximum absolute atomic E-state index is 9.29. The van der Waals surface area contributed by atoms with Crippen LogP contribution in [0.1, 0.15) is 37.9 Å². The van der Waals surface area contributed by atoms with Gasteiger partial charge in [0.15, 0.2) is 0 Å². The lowest BCUT2D eigenvalue weighted by Gasteiger charge is -2.33. The third-order valence-corrected chi connectivity index (χ3v) is 5.90. The molecule has 134 valence electrons. The molecule has 0 unspecified atom stereocenters. The van der Waals surface area contributed by atoms with E-state index < -0.39 is 0 Å². The molecule has 0 bridgehead atoms. The summed E-state index contributed by atoms with van der Waals surface area (Å²) in [7, 11) is 0. The molecular formula is C24H23N3. The highest BCUT2D eigenvalue weighted by Crippen LogP contribution is 2.42. The molecule has 1 aromatic heterocycles. The van der Waals surface area contributed by atoms with Gasteiger partial charge in [-0.2, -0.15) is 5.26 Å². The summed E-state index contributed by atoms with van der Waals surface area (Å²) in [5, 5.41) is 9.29. The average Bonchev–Trinajstić information content (AvgIpc) is 3.16. The van der Waals surface area contributed by atoms with Gasteiger partial charge in [0, 0.05) is 41.6 Å². The Morgan fingerprint density at radius 2 is 2.00 bits per heavy atom. The molecule has 0 spiro atoms. The minimum atomic E-state index is 0.364. The Morgan fingerprint density at radius 1 is 1.15 bits per heavy atom. The summed E-state index contributed by atoms with van der Waals surface area (Å²) < 4.78 is 0. The van der Waals surface area contributed by atoms with Gasteiger partial charge in [-0.25, -0.2) is 0 Å². The summed E-state index contributed by atoms with van der Waals surface area (Å²) in [5.41, 5.74) is 6.28. The fourth-order valence-corrected chi connectivity index (χ4v) is 4.10. The van der Waals surface area contributed by atoms with Gasteiger partial charge in [-0.1, -0.05) is 44.2 Å². The molecule has 1 aliphatic heterocycles. The third kappa shape index (κ3) is 3.36. The van der Waals surface area contributed by atoms with Gasteiger partial charge in [-0.15, -0.1) is 0 Å². The highest BCUT2D eigenvalue weighted by atomic mass is 14.8. The van der Waals surface area contributed by atoms with E-state index in [-0.39, 0.29) is 0 Å². The maximum Gasteiger partial charge on any atom is 0.0998 e. The highest BCUT2D eigenvalue weighted by Gasteiger charge is 2.33. The van der Waals surface area contributed by atoms with Crippen LogP contribution in [-0.4, -0.2) is 11.2 Å². The van der Waals surface area contributed by atoms with Crippen molar-refractivity contribution in [2.24, 2.45) is 22.7 Å². The SMILES string of the molecule is C[C@H]1[C@H](/C=C/c2ccc(-c3ccccc3C#N)cn2)C2=C(CC=N2)C[C@@H]1C. The minimum absolute atomic E-state index is 0.364. The number of nitrogens with zero attached hydrogens (tertiary/aromatic N) is 3. The molecule has 0 N–H and O–H groups in total. The molecule has 2 heterocycles. The topological polar surface area (TPSA) is 49.0 Å². The second-order valence-corrected chi connectivity index (χ2v) is 7.56. The number of hydrogen-bond acceptors (Lipinski definition) is 3. The number of hydrogen-bond donors (Lipinski definition) is 0. The molecule has 1 aliphatic carbocycles. The minimum Gasteiger partial charge on any atom is -0.265 e. The summed E-state index contributed by atoms with van der Waals surface area (Å²) in [5.74, 6) is 1.62. The lowest BCUT2D eigenvalue weighted by Crippen LogP contribution is -2.24. The van der Waals surface area contributed by atoms with Gasteiger partial charge < -0.3 is 0 Å². The number of aliphatic imine (C=N–C) groups is 1. The van der Waals surface area contributed by atoms with Crippen LogP contribution in [0.3, 0.4) is 0 Å². The number of benzene rings is 1. The third-order valence-electron chi connectivity index (χ3n) is 5.90. The Hall–Kier alpha value is -2.99. The second kappa shape index (κ2) is 7.32. The molecule has 0 saturated heterocycles. The van der Waals surface area contributed by atoms with Crippen LogP contribution < -0.4 is 0 Å². The molecule has 0 fully saturated rings. The number of nitriles is 1. The standard InChI is InChI=1S/C24H23N3/c1-16-13-18-11-12-26-24(18)22(17(16)2)10-9-21-8-7-20(15-27-21)23-6-4-3-5-19(23)14-25/h3-10,12,15-17,22H,11,13H2,1-2H3/b10-9+/t16-,17+,22-/m0/s1. The highest BCUT2D eigenvalue weighted by molar-refractivity contribution is 5.70. The van der Waals surface area contributed by atoms with Crippen LogP contribution in [0.15, 0.2) is 64.9 Å². The predicted octanol–water partition coefficient (Wildman–Crippen LogP) is 5.65. The van der Waals surface area contributed by atoms with Crippen molar-refractivity contribution >= 4 is 12.3 Å². The van der Waals surface area contributed by atoms with E-state index in [9.17, 15) is 5.26 Å². The van der Waals surface area contributed by atoms with Crippen molar-refractivity contribution in [2.75, 3.05) is 0 Å². The van der Waals surface area contributed by atoms with Crippen molar-refractivity contribution in [1.29, 1.82) is 5.26 Å². The number of pyridine rings is 1. The van der Waals surface area contributed by atoms with Gasteiger partial charge in [-0.05, 0) is 42.0 Å². The van der Waals surface area contributed by atoms with Gasteiger partial charge in [0.25, 0.3) is 0 Å². The van der Waals surface area contributed by atoms with Crippen LogP contribution in [0, 0.1) is 29.1 Å². The molecule has 0 amide bonds. The van der Waals surface area contributed by atoms with E-state index in [2.05, 4.69) is 48.3 Å². The Balaban J connectivity index is 1.57. The average molecular weight is 353 g/mol. The predicted molar refractivity (Wildman–Crippen MR) is 110 cm³/mol. The number of allylic oxidation sites excluding steroid dienone is 2. The first-order valence-corrected chi connectivity index (χ1v) is 9.55. The summed E-state index contributed by atoms with van der Waals surface area (Å²) in [6.45, 7) is 4.67. The van der Waals surface area contributed by atoms with Crippen LogP contribution in [-0.2, 0) is 0 Å². The number of rotatable bonds is 3. The number of aromatic nitrogens is 1. The molecule has 3 heteroatoms. The first-order chi connectivity index (χ1) is 13.2.